The molecular formula is C15H32N2O. The number of aliphatic hydroxyl groups excluding tert-OH is 1. The lowest BCUT2D eigenvalue weighted by Gasteiger charge is -2.36. The maximum absolute atomic E-state index is 9.14. The van der Waals surface area contributed by atoms with Gasteiger partial charge >= 0.3 is 0 Å². The molecule has 0 spiro atoms. The summed E-state index contributed by atoms with van der Waals surface area (Å²) in [6.45, 7) is 14.1. The van der Waals surface area contributed by atoms with Gasteiger partial charge in [-0.2, -0.15) is 0 Å². The quantitative estimate of drug-likeness (QED) is 0.764. The molecule has 0 aromatic heterocycles. The van der Waals surface area contributed by atoms with Crippen molar-refractivity contribution in [1.82, 2.24) is 10.2 Å². The first kappa shape index (κ1) is 15.9. The van der Waals surface area contributed by atoms with Gasteiger partial charge in [-0.05, 0) is 56.8 Å². The molecule has 2 N–H and O–H groups in total. The van der Waals surface area contributed by atoms with Crippen molar-refractivity contribution in [3.8, 4) is 0 Å². The highest BCUT2D eigenvalue weighted by Gasteiger charge is 2.25. The molecule has 3 heteroatoms. The minimum absolute atomic E-state index is 0.333. The lowest BCUT2D eigenvalue weighted by molar-refractivity contribution is 0.122. The number of hydrogen-bond acceptors (Lipinski definition) is 3. The Morgan fingerprint density at radius 2 is 1.89 bits per heavy atom. The molecule has 1 saturated heterocycles. The van der Waals surface area contributed by atoms with E-state index in [2.05, 4.69) is 37.9 Å². The largest absolute Gasteiger partial charge is 0.396 e. The average Bonchev–Trinajstić information content (AvgIpc) is 2.33. The van der Waals surface area contributed by atoms with E-state index in [-0.39, 0.29) is 0 Å². The Morgan fingerprint density at radius 3 is 2.33 bits per heavy atom. The number of hydrogen-bond donors (Lipinski definition) is 2. The van der Waals surface area contributed by atoms with E-state index in [4.69, 9.17) is 5.11 Å². The molecule has 1 rings (SSSR count). The predicted octanol–water partition coefficient (Wildman–Crippen LogP) is 2.10. The van der Waals surface area contributed by atoms with Crippen molar-refractivity contribution in [1.29, 1.82) is 0 Å². The molecule has 0 aromatic carbocycles. The minimum Gasteiger partial charge on any atom is -0.396 e. The van der Waals surface area contributed by atoms with Crippen LogP contribution in [-0.4, -0.2) is 48.8 Å². The highest BCUT2D eigenvalue weighted by molar-refractivity contribution is 4.82. The molecule has 0 bridgehead atoms. The average molecular weight is 256 g/mol. The number of likely N-dealkylation sites (tertiary alicyclic amines) is 1. The van der Waals surface area contributed by atoms with Crippen LogP contribution in [0.4, 0.5) is 0 Å². The van der Waals surface area contributed by atoms with Crippen molar-refractivity contribution in [2.24, 2.45) is 11.3 Å². The Hall–Kier alpha value is -0.120. The number of nitrogens with zero attached hydrogens (tertiary/aromatic N) is 1. The second-order valence-corrected chi connectivity index (χ2v) is 6.73. The van der Waals surface area contributed by atoms with Crippen molar-refractivity contribution < 1.29 is 5.11 Å². The summed E-state index contributed by atoms with van der Waals surface area (Å²) in [7, 11) is 0. The Labute approximate surface area is 113 Å². The van der Waals surface area contributed by atoms with Crippen molar-refractivity contribution in [3.05, 3.63) is 0 Å². The van der Waals surface area contributed by atoms with Crippen molar-refractivity contribution >= 4 is 0 Å². The molecule has 0 amide bonds. The molecule has 18 heavy (non-hydrogen) atoms. The van der Waals surface area contributed by atoms with Gasteiger partial charge in [0.2, 0.25) is 0 Å². The fourth-order valence-electron chi connectivity index (χ4n) is 2.79. The summed E-state index contributed by atoms with van der Waals surface area (Å²) in [6, 6.07) is 0.595. The van der Waals surface area contributed by atoms with E-state index in [1.165, 1.54) is 13.0 Å². The first-order chi connectivity index (χ1) is 8.47. The van der Waals surface area contributed by atoms with E-state index >= 15 is 0 Å². The summed E-state index contributed by atoms with van der Waals surface area (Å²) in [5.41, 5.74) is 0.333. The molecule has 1 unspecified atom stereocenters. The van der Waals surface area contributed by atoms with Gasteiger partial charge in [-0.1, -0.05) is 27.7 Å². The molecule has 1 heterocycles. The van der Waals surface area contributed by atoms with E-state index in [1.807, 2.05) is 0 Å². The van der Waals surface area contributed by atoms with E-state index in [0.29, 0.717) is 24.0 Å². The van der Waals surface area contributed by atoms with Gasteiger partial charge in [-0.15, -0.1) is 0 Å². The van der Waals surface area contributed by atoms with Crippen LogP contribution in [0.1, 0.15) is 47.0 Å². The zero-order chi connectivity index (χ0) is 13.6. The van der Waals surface area contributed by atoms with Crippen LogP contribution in [-0.2, 0) is 0 Å². The van der Waals surface area contributed by atoms with E-state index in [1.54, 1.807) is 0 Å². The predicted molar refractivity (Wildman–Crippen MR) is 77.8 cm³/mol. The smallest absolute Gasteiger partial charge is 0.0460 e. The number of rotatable bonds is 6. The standard InChI is InChI=1S/C15H32N2O/c1-5-16-14(15(2,3)4)8-11-17-9-6-13(12-18)7-10-17/h13-14,16,18H,5-12H2,1-4H3. The van der Waals surface area contributed by atoms with Crippen LogP contribution in [0.15, 0.2) is 0 Å². The maximum Gasteiger partial charge on any atom is 0.0460 e. The number of aliphatic hydroxyl groups is 1. The van der Waals surface area contributed by atoms with E-state index in [0.717, 1.165) is 32.5 Å². The van der Waals surface area contributed by atoms with Gasteiger partial charge in [-0.3, -0.25) is 0 Å². The van der Waals surface area contributed by atoms with Gasteiger partial charge in [0.1, 0.15) is 0 Å². The fourth-order valence-corrected chi connectivity index (χ4v) is 2.79. The molecule has 1 aliphatic heterocycles. The third kappa shape index (κ3) is 5.25. The first-order valence-corrected chi connectivity index (χ1v) is 7.54. The zero-order valence-corrected chi connectivity index (χ0v) is 12.7. The monoisotopic (exact) mass is 256 g/mol. The van der Waals surface area contributed by atoms with Crippen molar-refractivity contribution in [3.63, 3.8) is 0 Å². The Morgan fingerprint density at radius 1 is 1.28 bits per heavy atom. The minimum atomic E-state index is 0.333. The lowest BCUT2D eigenvalue weighted by atomic mass is 9.84. The summed E-state index contributed by atoms with van der Waals surface area (Å²) in [4.78, 5) is 2.56. The van der Waals surface area contributed by atoms with Gasteiger partial charge in [-0.25, -0.2) is 0 Å². The normalized spacial score (nSPS) is 21.2. The Kier molecular flexibility index (Phi) is 6.61. The summed E-state index contributed by atoms with van der Waals surface area (Å²) in [6.07, 6.45) is 3.55. The summed E-state index contributed by atoms with van der Waals surface area (Å²) in [5.74, 6) is 0.549. The highest BCUT2D eigenvalue weighted by Crippen LogP contribution is 2.23. The summed E-state index contributed by atoms with van der Waals surface area (Å²) >= 11 is 0. The van der Waals surface area contributed by atoms with Crippen molar-refractivity contribution in [2.75, 3.05) is 32.8 Å². The van der Waals surface area contributed by atoms with Crippen LogP contribution in [0.5, 0.6) is 0 Å². The van der Waals surface area contributed by atoms with Gasteiger partial charge in [0.15, 0.2) is 0 Å². The van der Waals surface area contributed by atoms with Crippen LogP contribution in [0.25, 0.3) is 0 Å². The number of piperidine rings is 1. The number of nitrogens with one attached hydrogen (secondary N) is 1. The first-order valence-electron chi connectivity index (χ1n) is 7.54. The fraction of sp³-hybridized carbons (Fsp3) is 1.00. The molecule has 1 aliphatic rings. The second-order valence-electron chi connectivity index (χ2n) is 6.73. The Bertz CT molecular complexity index is 217. The topological polar surface area (TPSA) is 35.5 Å². The molecule has 0 aliphatic carbocycles. The van der Waals surface area contributed by atoms with Crippen LogP contribution in [0, 0.1) is 11.3 Å². The second kappa shape index (κ2) is 7.46. The summed E-state index contributed by atoms with van der Waals surface area (Å²) < 4.78 is 0. The van der Waals surface area contributed by atoms with Gasteiger partial charge < -0.3 is 15.3 Å². The van der Waals surface area contributed by atoms with Crippen LogP contribution in [0.2, 0.25) is 0 Å². The van der Waals surface area contributed by atoms with Crippen molar-refractivity contribution in [2.45, 2.75) is 53.0 Å². The van der Waals surface area contributed by atoms with E-state index in [9.17, 15) is 0 Å². The molecule has 0 saturated carbocycles. The lowest BCUT2D eigenvalue weighted by Crippen LogP contribution is -2.44. The van der Waals surface area contributed by atoms with Crippen LogP contribution < -0.4 is 5.32 Å². The Balaban J connectivity index is 2.30. The molecule has 1 atom stereocenters. The third-order valence-corrected chi connectivity index (χ3v) is 4.20. The molecule has 0 radical (unpaired) electrons. The van der Waals surface area contributed by atoms with Gasteiger partial charge in [0.25, 0.3) is 0 Å². The van der Waals surface area contributed by atoms with Gasteiger partial charge in [0, 0.05) is 12.6 Å². The SMILES string of the molecule is CCNC(CCN1CCC(CO)CC1)C(C)(C)C. The highest BCUT2D eigenvalue weighted by atomic mass is 16.3. The van der Waals surface area contributed by atoms with E-state index < -0.39 is 0 Å². The maximum atomic E-state index is 9.14. The molecule has 1 fully saturated rings. The van der Waals surface area contributed by atoms with Crippen LogP contribution >= 0.6 is 0 Å². The van der Waals surface area contributed by atoms with Gasteiger partial charge in [0.05, 0.1) is 0 Å². The van der Waals surface area contributed by atoms with Crippen LogP contribution in [0.3, 0.4) is 0 Å². The third-order valence-electron chi connectivity index (χ3n) is 4.20. The molecule has 3 nitrogen and oxygen atoms in total. The molecule has 0 aromatic rings. The summed E-state index contributed by atoms with van der Waals surface area (Å²) in [5, 5.41) is 12.8. The zero-order valence-electron chi connectivity index (χ0n) is 12.7. The molecular weight excluding hydrogens is 224 g/mol. The molecule has 108 valence electrons.